The van der Waals surface area contributed by atoms with Gasteiger partial charge in [0.2, 0.25) is 5.91 Å². The SMILES string of the molecule is CCCN(CCc1cccs1)C(=O)Cc1ccccc1C(=O)O. The monoisotopic (exact) mass is 331 g/mol. The van der Waals surface area contributed by atoms with E-state index in [0.717, 1.165) is 12.8 Å². The second-order valence-corrected chi connectivity index (χ2v) is 6.38. The van der Waals surface area contributed by atoms with E-state index < -0.39 is 5.97 Å². The minimum atomic E-state index is -0.992. The molecule has 0 fully saturated rings. The summed E-state index contributed by atoms with van der Waals surface area (Å²) >= 11 is 1.69. The lowest BCUT2D eigenvalue weighted by Gasteiger charge is -2.22. The molecule has 0 bridgehead atoms. The summed E-state index contributed by atoms with van der Waals surface area (Å²) in [6.07, 6.45) is 1.85. The summed E-state index contributed by atoms with van der Waals surface area (Å²) in [5, 5.41) is 11.3. The third-order valence-electron chi connectivity index (χ3n) is 3.64. The number of amides is 1. The van der Waals surface area contributed by atoms with Crippen LogP contribution in [0, 0.1) is 0 Å². The van der Waals surface area contributed by atoms with Gasteiger partial charge in [0.15, 0.2) is 0 Å². The largest absolute Gasteiger partial charge is 0.478 e. The summed E-state index contributed by atoms with van der Waals surface area (Å²) in [6.45, 7) is 3.40. The molecule has 0 unspecified atom stereocenters. The number of rotatable bonds is 8. The van der Waals surface area contributed by atoms with Gasteiger partial charge in [-0.2, -0.15) is 0 Å². The Morgan fingerprint density at radius 2 is 1.91 bits per heavy atom. The fourth-order valence-corrected chi connectivity index (χ4v) is 3.19. The predicted molar refractivity (Wildman–Crippen MR) is 92.0 cm³/mol. The molecular formula is C18H21NO3S. The number of benzene rings is 1. The lowest BCUT2D eigenvalue weighted by atomic mass is 10.0. The Morgan fingerprint density at radius 3 is 2.57 bits per heavy atom. The van der Waals surface area contributed by atoms with Crippen LogP contribution in [-0.4, -0.2) is 35.0 Å². The van der Waals surface area contributed by atoms with Gasteiger partial charge in [-0.3, -0.25) is 4.79 Å². The number of aromatic carboxylic acids is 1. The normalized spacial score (nSPS) is 10.5. The molecule has 122 valence electrons. The van der Waals surface area contributed by atoms with Crippen molar-refractivity contribution in [1.29, 1.82) is 0 Å². The van der Waals surface area contributed by atoms with Gasteiger partial charge >= 0.3 is 5.97 Å². The number of carboxylic acid groups (broad SMARTS) is 1. The topological polar surface area (TPSA) is 57.6 Å². The Labute approximate surface area is 140 Å². The van der Waals surface area contributed by atoms with E-state index in [1.807, 2.05) is 23.3 Å². The van der Waals surface area contributed by atoms with Gasteiger partial charge < -0.3 is 10.0 Å². The van der Waals surface area contributed by atoms with Crippen molar-refractivity contribution in [3.8, 4) is 0 Å². The van der Waals surface area contributed by atoms with E-state index in [0.29, 0.717) is 18.7 Å². The zero-order valence-electron chi connectivity index (χ0n) is 13.2. The maximum atomic E-state index is 12.6. The molecule has 0 aliphatic heterocycles. The first-order valence-electron chi connectivity index (χ1n) is 7.73. The number of hydrogen-bond donors (Lipinski definition) is 1. The highest BCUT2D eigenvalue weighted by Gasteiger charge is 2.17. The second-order valence-electron chi connectivity index (χ2n) is 5.35. The van der Waals surface area contributed by atoms with Gasteiger partial charge in [0.05, 0.1) is 12.0 Å². The Hall–Kier alpha value is -2.14. The molecule has 1 aromatic heterocycles. The number of carbonyl (C=O) groups is 2. The molecule has 0 saturated heterocycles. The van der Waals surface area contributed by atoms with Crippen LogP contribution in [0.2, 0.25) is 0 Å². The van der Waals surface area contributed by atoms with E-state index in [4.69, 9.17) is 0 Å². The number of nitrogens with zero attached hydrogens (tertiary/aromatic N) is 1. The standard InChI is InChI=1S/C18H21NO3S/c1-2-10-19(11-9-15-7-5-12-23-15)17(20)13-14-6-3-4-8-16(14)18(21)22/h3-8,12H,2,9-11,13H2,1H3,(H,21,22). The van der Waals surface area contributed by atoms with Crippen molar-refractivity contribution in [1.82, 2.24) is 4.90 Å². The predicted octanol–water partition coefficient (Wildman–Crippen LogP) is 3.47. The van der Waals surface area contributed by atoms with Crippen molar-refractivity contribution >= 4 is 23.2 Å². The van der Waals surface area contributed by atoms with Gasteiger partial charge in [-0.25, -0.2) is 4.79 Å². The Kier molecular flexibility index (Phi) is 6.35. The van der Waals surface area contributed by atoms with Crippen molar-refractivity contribution in [2.24, 2.45) is 0 Å². The van der Waals surface area contributed by atoms with E-state index in [-0.39, 0.29) is 17.9 Å². The summed E-state index contributed by atoms with van der Waals surface area (Å²) in [4.78, 5) is 26.9. The molecule has 23 heavy (non-hydrogen) atoms. The molecule has 0 aliphatic carbocycles. The minimum Gasteiger partial charge on any atom is -0.478 e. The third-order valence-corrected chi connectivity index (χ3v) is 4.58. The van der Waals surface area contributed by atoms with Gasteiger partial charge in [0.1, 0.15) is 0 Å². The van der Waals surface area contributed by atoms with Crippen LogP contribution in [0.3, 0.4) is 0 Å². The van der Waals surface area contributed by atoms with E-state index in [2.05, 4.69) is 6.07 Å². The Bertz CT molecular complexity index is 652. The highest BCUT2D eigenvalue weighted by atomic mass is 32.1. The van der Waals surface area contributed by atoms with Gasteiger partial charge in [-0.1, -0.05) is 31.2 Å². The van der Waals surface area contributed by atoms with Gasteiger partial charge in [-0.05, 0) is 35.9 Å². The highest BCUT2D eigenvalue weighted by molar-refractivity contribution is 7.09. The van der Waals surface area contributed by atoms with Crippen LogP contribution in [0.4, 0.5) is 0 Å². The molecule has 0 atom stereocenters. The summed E-state index contributed by atoms with van der Waals surface area (Å²) in [6, 6.07) is 10.8. The molecule has 0 spiro atoms. The van der Waals surface area contributed by atoms with Crippen LogP contribution in [0.1, 0.15) is 34.1 Å². The summed E-state index contributed by atoms with van der Waals surface area (Å²) in [7, 11) is 0. The van der Waals surface area contributed by atoms with E-state index in [1.165, 1.54) is 4.88 Å². The average molecular weight is 331 g/mol. The molecule has 0 radical (unpaired) electrons. The fourth-order valence-electron chi connectivity index (χ4n) is 2.49. The summed E-state index contributed by atoms with van der Waals surface area (Å²) in [5.41, 5.74) is 0.776. The van der Waals surface area contributed by atoms with Crippen molar-refractivity contribution in [3.05, 3.63) is 57.8 Å². The Morgan fingerprint density at radius 1 is 1.13 bits per heavy atom. The first kappa shape index (κ1) is 17.2. The van der Waals surface area contributed by atoms with Crippen LogP contribution in [-0.2, 0) is 17.6 Å². The number of carboxylic acids is 1. The van der Waals surface area contributed by atoms with Gasteiger partial charge in [-0.15, -0.1) is 11.3 Å². The van der Waals surface area contributed by atoms with E-state index >= 15 is 0 Å². The number of hydrogen-bond acceptors (Lipinski definition) is 3. The number of thiophene rings is 1. The average Bonchev–Trinajstić information content (AvgIpc) is 3.05. The molecular weight excluding hydrogens is 310 g/mol. The minimum absolute atomic E-state index is 0.0166. The second kappa shape index (κ2) is 8.48. The van der Waals surface area contributed by atoms with Crippen LogP contribution < -0.4 is 0 Å². The van der Waals surface area contributed by atoms with Crippen LogP contribution in [0.25, 0.3) is 0 Å². The molecule has 0 aliphatic rings. The van der Waals surface area contributed by atoms with E-state index in [9.17, 15) is 14.7 Å². The molecule has 1 amide bonds. The summed E-state index contributed by atoms with van der Waals surface area (Å²) < 4.78 is 0. The smallest absolute Gasteiger partial charge is 0.335 e. The molecule has 2 rings (SSSR count). The van der Waals surface area contributed by atoms with Gasteiger partial charge in [0.25, 0.3) is 0 Å². The maximum absolute atomic E-state index is 12.6. The maximum Gasteiger partial charge on any atom is 0.335 e. The zero-order chi connectivity index (χ0) is 16.7. The quantitative estimate of drug-likeness (QED) is 0.806. The molecule has 2 aromatic rings. The number of carbonyl (C=O) groups excluding carboxylic acids is 1. The first-order chi connectivity index (χ1) is 11.1. The molecule has 1 aromatic carbocycles. The Balaban J connectivity index is 2.04. The van der Waals surface area contributed by atoms with Crippen LogP contribution >= 0.6 is 11.3 Å². The van der Waals surface area contributed by atoms with Crippen molar-refractivity contribution in [2.45, 2.75) is 26.2 Å². The molecule has 5 heteroatoms. The van der Waals surface area contributed by atoms with Crippen LogP contribution in [0.15, 0.2) is 41.8 Å². The highest BCUT2D eigenvalue weighted by Crippen LogP contribution is 2.13. The van der Waals surface area contributed by atoms with E-state index in [1.54, 1.807) is 35.6 Å². The van der Waals surface area contributed by atoms with Gasteiger partial charge in [0, 0.05) is 18.0 Å². The first-order valence-corrected chi connectivity index (χ1v) is 8.61. The molecule has 4 nitrogen and oxygen atoms in total. The molecule has 1 heterocycles. The summed E-state index contributed by atoms with van der Waals surface area (Å²) in [5.74, 6) is -1.01. The fraction of sp³-hybridized carbons (Fsp3) is 0.333. The zero-order valence-corrected chi connectivity index (χ0v) is 14.0. The van der Waals surface area contributed by atoms with Crippen LogP contribution in [0.5, 0.6) is 0 Å². The lowest BCUT2D eigenvalue weighted by Crippen LogP contribution is -2.35. The third kappa shape index (κ3) is 4.93. The molecule has 0 saturated carbocycles. The van der Waals surface area contributed by atoms with Crippen molar-refractivity contribution in [2.75, 3.05) is 13.1 Å². The molecule has 1 N–H and O–H groups in total. The van der Waals surface area contributed by atoms with Crippen molar-refractivity contribution < 1.29 is 14.7 Å². The van der Waals surface area contributed by atoms with Crippen molar-refractivity contribution in [3.63, 3.8) is 0 Å². The lowest BCUT2D eigenvalue weighted by molar-refractivity contribution is -0.130.